The average Bonchev–Trinajstić information content (AvgIpc) is 3.18. The summed E-state index contributed by atoms with van der Waals surface area (Å²) in [6.07, 6.45) is 22.5. The Labute approximate surface area is 171 Å². The first-order valence-corrected chi connectivity index (χ1v) is 12.1. The maximum absolute atomic E-state index is 11.7. The molecular formula is C23H40N2OS. The van der Waals surface area contributed by atoms with Gasteiger partial charge in [0.25, 0.3) is 0 Å². The molecule has 1 N–H and O–H groups in total. The number of nitrogens with zero attached hydrogens (tertiary/aromatic N) is 1. The molecule has 0 radical (unpaired) electrons. The second kappa shape index (κ2) is 18.2. The Balaban J connectivity index is 1.76. The van der Waals surface area contributed by atoms with Crippen molar-refractivity contribution in [3.8, 4) is 0 Å². The van der Waals surface area contributed by atoms with Crippen molar-refractivity contribution < 1.29 is 4.79 Å². The SMILES string of the molecule is CCCCCCCCCCCCCCCCCC(=O)N/N=C\c1cccs1. The fourth-order valence-corrected chi connectivity index (χ4v) is 3.83. The first kappa shape index (κ1) is 23.9. The smallest absolute Gasteiger partial charge is 0.240 e. The average molecular weight is 393 g/mol. The van der Waals surface area contributed by atoms with Crippen molar-refractivity contribution in [2.75, 3.05) is 0 Å². The summed E-state index contributed by atoms with van der Waals surface area (Å²) in [7, 11) is 0. The van der Waals surface area contributed by atoms with Crippen molar-refractivity contribution >= 4 is 23.5 Å². The summed E-state index contributed by atoms with van der Waals surface area (Å²) < 4.78 is 0. The summed E-state index contributed by atoms with van der Waals surface area (Å²) in [6, 6.07) is 3.96. The monoisotopic (exact) mass is 392 g/mol. The van der Waals surface area contributed by atoms with E-state index < -0.39 is 0 Å². The largest absolute Gasteiger partial charge is 0.273 e. The Morgan fingerprint density at radius 2 is 1.41 bits per heavy atom. The van der Waals surface area contributed by atoms with Crippen molar-refractivity contribution in [1.29, 1.82) is 0 Å². The number of carbonyl (C=O) groups excluding carboxylic acids is 1. The molecule has 0 saturated carbocycles. The Morgan fingerprint density at radius 3 is 1.89 bits per heavy atom. The maximum atomic E-state index is 11.7. The minimum absolute atomic E-state index is 0.0255. The molecule has 0 atom stereocenters. The summed E-state index contributed by atoms with van der Waals surface area (Å²) in [5, 5.41) is 5.99. The van der Waals surface area contributed by atoms with Gasteiger partial charge in [-0.15, -0.1) is 11.3 Å². The quantitative estimate of drug-likeness (QED) is 0.157. The number of rotatable bonds is 18. The van der Waals surface area contributed by atoms with Gasteiger partial charge in [-0.05, 0) is 17.9 Å². The van der Waals surface area contributed by atoms with Gasteiger partial charge >= 0.3 is 0 Å². The zero-order valence-electron chi connectivity index (χ0n) is 17.4. The molecule has 1 rings (SSSR count). The number of hydrazone groups is 1. The second-order valence-electron chi connectivity index (χ2n) is 7.51. The molecule has 1 heterocycles. The van der Waals surface area contributed by atoms with Gasteiger partial charge in [-0.25, -0.2) is 5.43 Å². The Bertz CT molecular complexity index is 471. The normalized spacial score (nSPS) is 11.3. The first-order chi connectivity index (χ1) is 13.3. The van der Waals surface area contributed by atoms with Gasteiger partial charge in [0.15, 0.2) is 0 Å². The molecule has 1 amide bonds. The maximum Gasteiger partial charge on any atom is 0.240 e. The van der Waals surface area contributed by atoms with Crippen LogP contribution < -0.4 is 5.43 Å². The molecule has 0 aromatic carbocycles. The van der Waals surface area contributed by atoms with Gasteiger partial charge in [0.05, 0.1) is 6.21 Å². The summed E-state index contributed by atoms with van der Waals surface area (Å²) in [5.74, 6) is 0.0255. The molecule has 0 unspecified atom stereocenters. The molecule has 1 aromatic rings. The summed E-state index contributed by atoms with van der Waals surface area (Å²) >= 11 is 1.61. The van der Waals surface area contributed by atoms with Crippen LogP contribution in [-0.4, -0.2) is 12.1 Å². The Hall–Kier alpha value is -1.16. The van der Waals surface area contributed by atoms with Crippen LogP contribution in [0.2, 0.25) is 0 Å². The lowest BCUT2D eigenvalue weighted by Gasteiger charge is -2.03. The Kier molecular flexibility index (Phi) is 16.1. The van der Waals surface area contributed by atoms with Crippen molar-refractivity contribution in [2.24, 2.45) is 5.10 Å². The van der Waals surface area contributed by atoms with Crippen LogP contribution in [-0.2, 0) is 4.79 Å². The van der Waals surface area contributed by atoms with Gasteiger partial charge in [-0.3, -0.25) is 4.79 Å². The molecule has 1 aromatic heterocycles. The van der Waals surface area contributed by atoms with E-state index in [1.807, 2.05) is 17.5 Å². The van der Waals surface area contributed by atoms with Crippen LogP contribution in [0.1, 0.15) is 115 Å². The summed E-state index contributed by atoms with van der Waals surface area (Å²) in [5.41, 5.74) is 2.61. The minimum atomic E-state index is 0.0255. The summed E-state index contributed by atoms with van der Waals surface area (Å²) in [4.78, 5) is 12.7. The molecule has 0 fully saturated rings. The lowest BCUT2D eigenvalue weighted by atomic mass is 10.0. The van der Waals surface area contributed by atoms with Crippen LogP contribution in [0.15, 0.2) is 22.6 Å². The van der Waals surface area contributed by atoms with E-state index in [2.05, 4.69) is 17.5 Å². The molecule has 0 bridgehead atoms. The second-order valence-corrected chi connectivity index (χ2v) is 8.49. The zero-order valence-corrected chi connectivity index (χ0v) is 18.2. The number of carbonyl (C=O) groups is 1. The van der Waals surface area contributed by atoms with Crippen molar-refractivity contribution in [1.82, 2.24) is 5.43 Å². The van der Waals surface area contributed by atoms with Gasteiger partial charge in [-0.2, -0.15) is 5.10 Å². The lowest BCUT2D eigenvalue weighted by molar-refractivity contribution is -0.121. The predicted octanol–water partition coefficient (Wildman–Crippen LogP) is 7.46. The standard InChI is InChI=1S/C23H40N2OS/c1-2-3-4-5-6-7-8-9-10-11-12-13-14-15-16-19-23(26)25-24-21-22-18-17-20-27-22/h17-18,20-21H,2-16,19H2,1H3,(H,25,26)/b24-21-. The zero-order chi connectivity index (χ0) is 19.4. The highest BCUT2D eigenvalue weighted by Crippen LogP contribution is 2.13. The molecule has 0 saturated heterocycles. The highest BCUT2D eigenvalue weighted by molar-refractivity contribution is 7.11. The number of hydrogen-bond acceptors (Lipinski definition) is 3. The third-order valence-corrected chi connectivity index (χ3v) is 5.74. The molecule has 4 heteroatoms. The van der Waals surface area contributed by atoms with Gasteiger partial charge in [0, 0.05) is 11.3 Å². The van der Waals surface area contributed by atoms with Gasteiger partial charge in [-0.1, -0.05) is 103 Å². The number of amides is 1. The van der Waals surface area contributed by atoms with E-state index in [0.717, 1.165) is 17.7 Å². The van der Waals surface area contributed by atoms with E-state index in [1.165, 1.54) is 83.5 Å². The third-order valence-electron chi connectivity index (χ3n) is 4.93. The van der Waals surface area contributed by atoms with Gasteiger partial charge < -0.3 is 0 Å². The molecule has 27 heavy (non-hydrogen) atoms. The van der Waals surface area contributed by atoms with Crippen LogP contribution in [0.4, 0.5) is 0 Å². The first-order valence-electron chi connectivity index (χ1n) is 11.2. The van der Waals surface area contributed by atoms with Crippen LogP contribution >= 0.6 is 11.3 Å². The summed E-state index contributed by atoms with van der Waals surface area (Å²) in [6.45, 7) is 2.28. The highest BCUT2D eigenvalue weighted by Gasteiger charge is 1.99. The molecular weight excluding hydrogens is 352 g/mol. The fourth-order valence-electron chi connectivity index (χ4n) is 3.25. The number of nitrogens with one attached hydrogen (secondary N) is 1. The third kappa shape index (κ3) is 15.6. The van der Waals surface area contributed by atoms with Crippen LogP contribution in [0.25, 0.3) is 0 Å². The lowest BCUT2D eigenvalue weighted by Crippen LogP contribution is -2.16. The number of thiophene rings is 1. The van der Waals surface area contributed by atoms with Crippen LogP contribution in [0.3, 0.4) is 0 Å². The topological polar surface area (TPSA) is 41.5 Å². The van der Waals surface area contributed by atoms with E-state index in [0.29, 0.717) is 6.42 Å². The molecule has 0 aliphatic rings. The van der Waals surface area contributed by atoms with E-state index >= 15 is 0 Å². The minimum Gasteiger partial charge on any atom is -0.273 e. The van der Waals surface area contributed by atoms with Crippen LogP contribution in [0.5, 0.6) is 0 Å². The number of unbranched alkanes of at least 4 members (excludes halogenated alkanes) is 14. The predicted molar refractivity (Wildman–Crippen MR) is 120 cm³/mol. The van der Waals surface area contributed by atoms with Crippen molar-refractivity contribution in [3.63, 3.8) is 0 Å². The van der Waals surface area contributed by atoms with E-state index in [4.69, 9.17) is 0 Å². The fraction of sp³-hybridized carbons (Fsp3) is 0.739. The van der Waals surface area contributed by atoms with E-state index in [1.54, 1.807) is 17.6 Å². The molecule has 0 aliphatic heterocycles. The molecule has 154 valence electrons. The van der Waals surface area contributed by atoms with Crippen molar-refractivity contribution in [2.45, 2.75) is 110 Å². The van der Waals surface area contributed by atoms with Gasteiger partial charge in [0.2, 0.25) is 5.91 Å². The van der Waals surface area contributed by atoms with Crippen LogP contribution in [0, 0.1) is 0 Å². The van der Waals surface area contributed by atoms with E-state index in [9.17, 15) is 4.79 Å². The Morgan fingerprint density at radius 1 is 0.889 bits per heavy atom. The highest BCUT2D eigenvalue weighted by atomic mass is 32.1. The van der Waals surface area contributed by atoms with E-state index in [-0.39, 0.29) is 5.91 Å². The molecule has 0 aliphatic carbocycles. The molecule has 3 nitrogen and oxygen atoms in total. The number of hydrogen-bond donors (Lipinski definition) is 1. The van der Waals surface area contributed by atoms with Crippen molar-refractivity contribution in [3.05, 3.63) is 22.4 Å². The van der Waals surface area contributed by atoms with Gasteiger partial charge in [0.1, 0.15) is 0 Å². The molecule has 0 spiro atoms.